The standard InChI is InChI=1S/C15H16ClFN2O2/c1-15(2,8-18)14(20)19-12-5-6-21-13(12)9-3-4-10(16)11(17)7-9/h3-4,7,12-13H,5-6H2,1-2H3,(H,19,20)/t12-,13+/m1/s1. The molecule has 1 fully saturated rings. The zero-order chi connectivity index (χ0) is 15.6. The number of carbonyl (C=O) groups is 1. The van der Waals surface area contributed by atoms with Crippen molar-refractivity contribution in [3.8, 4) is 6.07 Å². The number of halogens is 2. The lowest BCUT2D eigenvalue weighted by Gasteiger charge is -2.23. The first-order valence-electron chi connectivity index (χ1n) is 6.64. The molecule has 6 heteroatoms. The molecule has 0 aromatic heterocycles. The van der Waals surface area contributed by atoms with Crippen LogP contribution in [0.2, 0.25) is 5.02 Å². The zero-order valence-corrected chi connectivity index (χ0v) is 12.6. The van der Waals surface area contributed by atoms with Gasteiger partial charge in [-0.25, -0.2) is 4.39 Å². The summed E-state index contributed by atoms with van der Waals surface area (Å²) >= 11 is 5.67. The van der Waals surface area contributed by atoms with E-state index in [1.807, 2.05) is 6.07 Å². The summed E-state index contributed by atoms with van der Waals surface area (Å²) in [7, 11) is 0. The molecule has 2 atom stereocenters. The predicted octanol–water partition coefficient (Wildman–Crippen LogP) is 2.98. The fourth-order valence-corrected chi connectivity index (χ4v) is 2.27. The number of nitrogens with zero attached hydrogens (tertiary/aromatic N) is 1. The molecule has 1 N–H and O–H groups in total. The van der Waals surface area contributed by atoms with Gasteiger partial charge in [0.1, 0.15) is 17.3 Å². The van der Waals surface area contributed by atoms with Crippen LogP contribution in [0.4, 0.5) is 4.39 Å². The molecule has 1 amide bonds. The van der Waals surface area contributed by atoms with Crippen LogP contribution < -0.4 is 5.32 Å². The van der Waals surface area contributed by atoms with Crippen molar-refractivity contribution >= 4 is 17.5 Å². The Labute approximate surface area is 127 Å². The first kappa shape index (κ1) is 15.7. The summed E-state index contributed by atoms with van der Waals surface area (Å²) in [5.74, 6) is -0.882. The number of hydrogen-bond acceptors (Lipinski definition) is 3. The topological polar surface area (TPSA) is 62.1 Å². The van der Waals surface area contributed by atoms with Crippen molar-refractivity contribution in [3.05, 3.63) is 34.6 Å². The summed E-state index contributed by atoms with van der Waals surface area (Å²) in [6.45, 7) is 3.57. The minimum atomic E-state index is -1.11. The van der Waals surface area contributed by atoms with Gasteiger partial charge in [0, 0.05) is 6.61 Å². The summed E-state index contributed by atoms with van der Waals surface area (Å²) in [6.07, 6.45) is 0.178. The number of nitriles is 1. The molecular formula is C15H16ClFN2O2. The van der Waals surface area contributed by atoms with E-state index in [4.69, 9.17) is 21.6 Å². The van der Waals surface area contributed by atoms with Crippen molar-refractivity contribution in [1.82, 2.24) is 5.32 Å². The molecule has 0 aliphatic carbocycles. The zero-order valence-electron chi connectivity index (χ0n) is 11.8. The molecule has 21 heavy (non-hydrogen) atoms. The maximum Gasteiger partial charge on any atom is 0.240 e. The fourth-order valence-electron chi connectivity index (χ4n) is 2.15. The molecule has 1 saturated heterocycles. The van der Waals surface area contributed by atoms with Crippen LogP contribution in [0.5, 0.6) is 0 Å². The van der Waals surface area contributed by atoms with Crippen LogP contribution in [0.1, 0.15) is 31.9 Å². The van der Waals surface area contributed by atoms with Crippen molar-refractivity contribution in [2.24, 2.45) is 5.41 Å². The molecule has 4 nitrogen and oxygen atoms in total. The van der Waals surface area contributed by atoms with E-state index in [1.165, 1.54) is 12.1 Å². The third-order valence-corrected chi connectivity index (χ3v) is 3.83. The van der Waals surface area contributed by atoms with E-state index in [0.717, 1.165) is 0 Å². The van der Waals surface area contributed by atoms with Gasteiger partial charge < -0.3 is 10.1 Å². The molecule has 0 unspecified atom stereocenters. The van der Waals surface area contributed by atoms with Crippen molar-refractivity contribution in [2.75, 3.05) is 6.61 Å². The molecule has 0 radical (unpaired) electrons. The molecule has 2 rings (SSSR count). The van der Waals surface area contributed by atoms with Crippen LogP contribution in [0, 0.1) is 22.6 Å². The molecule has 1 aromatic rings. The van der Waals surface area contributed by atoms with Crippen LogP contribution in [-0.2, 0) is 9.53 Å². The summed E-state index contributed by atoms with van der Waals surface area (Å²) in [4.78, 5) is 12.1. The van der Waals surface area contributed by atoms with Gasteiger partial charge in [-0.15, -0.1) is 0 Å². The quantitative estimate of drug-likeness (QED) is 0.933. The van der Waals surface area contributed by atoms with Gasteiger partial charge in [-0.1, -0.05) is 17.7 Å². The Bertz CT molecular complexity index is 598. The number of hydrogen-bond donors (Lipinski definition) is 1. The largest absolute Gasteiger partial charge is 0.371 e. The third kappa shape index (κ3) is 3.34. The highest BCUT2D eigenvalue weighted by Gasteiger charge is 2.35. The SMILES string of the molecule is CC(C)(C#N)C(=O)N[C@@H]1CCO[C@H]1c1ccc(Cl)c(F)c1. The average Bonchev–Trinajstić information content (AvgIpc) is 2.90. The Morgan fingerprint density at radius 1 is 1.57 bits per heavy atom. The maximum absolute atomic E-state index is 13.5. The van der Waals surface area contributed by atoms with Crippen molar-refractivity contribution < 1.29 is 13.9 Å². The van der Waals surface area contributed by atoms with Gasteiger partial charge in [-0.05, 0) is 38.0 Å². The van der Waals surface area contributed by atoms with Gasteiger partial charge in [0.25, 0.3) is 0 Å². The van der Waals surface area contributed by atoms with Crippen molar-refractivity contribution in [2.45, 2.75) is 32.4 Å². The molecule has 0 spiro atoms. The van der Waals surface area contributed by atoms with Gasteiger partial charge in [0.15, 0.2) is 0 Å². The molecule has 0 saturated carbocycles. The maximum atomic E-state index is 13.5. The first-order chi connectivity index (χ1) is 9.85. The van der Waals surface area contributed by atoms with Crippen LogP contribution in [0.15, 0.2) is 18.2 Å². The van der Waals surface area contributed by atoms with Gasteiger partial charge in [0.05, 0.1) is 17.1 Å². The average molecular weight is 311 g/mol. The summed E-state index contributed by atoms with van der Waals surface area (Å²) < 4.78 is 19.1. The molecule has 1 heterocycles. The molecule has 1 aliphatic heterocycles. The Hall–Kier alpha value is -1.64. The normalized spacial score (nSPS) is 21.9. The van der Waals surface area contributed by atoms with Gasteiger partial charge in [-0.3, -0.25) is 4.79 Å². The minimum absolute atomic E-state index is 0.0444. The summed E-state index contributed by atoms with van der Waals surface area (Å²) in [6, 6.07) is 6.12. The number of benzene rings is 1. The molecule has 112 valence electrons. The molecular weight excluding hydrogens is 295 g/mol. The second kappa shape index (κ2) is 6.00. The van der Waals surface area contributed by atoms with Crippen LogP contribution in [0.25, 0.3) is 0 Å². The smallest absolute Gasteiger partial charge is 0.240 e. The van der Waals surface area contributed by atoms with E-state index < -0.39 is 17.3 Å². The number of amides is 1. The van der Waals surface area contributed by atoms with Crippen molar-refractivity contribution in [1.29, 1.82) is 5.26 Å². The van der Waals surface area contributed by atoms with Crippen LogP contribution in [0.3, 0.4) is 0 Å². The minimum Gasteiger partial charge on any atom is -0.371 e. The number of rotatable bonds is 3. The first-order valence-corrected chi connectivity index (χ1v) is 7.02. The van der Waals surface area contributed by atoms with E-state index in [1.54, 1.807) is 19.9 Å². The van der Waals surface area contributed by atoms with E-state index >= 15 is 0 Å². The highest BCUT2D eigenvalue weighted by Crippen LogP contribution is 2.31. The third-order valence-electron chi connectivity index (χ3n) is 3.53. The second-order valence-corrected chi connectivity index (χ2v) is 5.98. The highest BCUT2D eigenvalue weighted by molar-refractivity contribution is 6.30. The molecule has 1 aromatic carbocycles. The number of nitrogens with one attached hydrogen (secondary N) is 1. The second-order valence-electron chi connectivity index (χ2n) is 5.57. The summed E-state index contributed by atoms with van der Waals surface area (Å²) in [5, 5.41) is 11.8. The molecule has 1 aliphatic rings. The van der Waals surface area contributed by atoms with Gasteiger partial charge in [0.2, 0.25) is 5.91 Å². The fraction of sp³-hybridized carbons (Fsp3) is 0.467. The Balaban J connectivity index is 2.16. The summed E-state index contributed by atoms with van der Waals surface area (Å²) in [5.41, 5.74) is -0.493. The Morgan fingerprint density at radius 2 is 2.29 bits per heavy atom. The molecule has 0 bridgehead atoms. The highest BCUT2D eigenvalue weighted by atomic mass is 35.5. The van der Waals surface area contributed by atoms with E-state index in [9.17, 15) is 9.18 Å². The number of ether oxygens (including phenoxy) is 1. The Morgan fingerprint density at radius 3 is 2.90 bits per heavy atom. The monoisotopic (exact) mass is 310 g/mol. The van der Waals surface area contributed by atoms with E-state index in [0.29, 0.717) is 18.6 Å². The lowest BCUT2D eigenvalue weighted by molar-refractivity contribution is -0.128. The van der Waals surface area contributed by atoms with Crippen LogP contribution in [-0.4, -0.2) is 18.6 Å². The van der Waals surface area contributed by atoms with Crippen LogP contribution >= 0.6 is 11.6 Å². The van der Waals surface area contributed by atoms with Gasteiger partial charge >= 0.3 is 0 Å². The van der Waals surface area contributed by atoms with Crippen molar-refractivity contribution in [3.63, 3.8) is 0 Å². The van der Waals surface area contributed by atoms with Gasteiger partial charge in [-0.2, -0.15) is 5.26 Å². The lowest BCUT2D eigenvalue weighted by Crippen LogP contribution is -2.43. The number of carbonyl (C=O) groups excluding carboxylic acids is 1. The Kier molecular flexibility index (Phi) is 4.50. The van der Waals surface area contributed by atoms with E-state index in [2.05, 4.69) is 5.32 Å². The van der Waals surface area contributed by atoms with E-state index in [-0.39, 0.29) is 17.0 Å². The lowest BCUT2D eigenvalue weighted by atomic mass is 9.93. The predicted molar refractivity (Wildman–Crippen MR) is 76.0 cm³/mol.